The highest BCUT2D eigenvalue weighted by atomic mass is 35.5. The Hall–Kier alpha value is -1.35. The number of aromatic nitrogens is 1. The first-order valence-electron chi connectivity index (χ1n) is 4.06. The molecule has 1 heterocycles. The maximum Gasteiger partial charge on any atom is 0.256 e. The monoisotopic (exact) mass is 211 g/mol. The predicted octanol–water partition coefficient (Wildman–Crippen LogP) is 2.63. The van der Waals surface area contributed by atoms with E-state index in [2.05, 4.69) is 4.98 Å². The van der Waals surface area contributed by atoms with Gasteiger partial charge in [-0.05, 0) is 30.5 Å². The number of hydrogen-bond acceptors (Lipinski definition) is 1. The van der Waals surface area contributed by atoms with Crippen molar-refractivity contribution in [1.29, 1.82) is 0 Å². The Morgan fingerprint density at radius 3 is 2.79 bits per heavy atom. The maximum absolute atomic E-state index is 13.1. The van der Waals surface area contributed by atoms with Gasteiger partial charge in [0, 0.05) is 11.1 Å². The van der Waals surface area contributed by atoms with E-state index in [9.17, 15) is 9.18 Å². The zero-order valence-corrected chi connectivity index (χ0v) is 8.15. The first-order chi connectivity index (χ1) is 6.58. The Morgan fingerprint density at radius 1 is 1.36 bits per heavy atom. The smallest absolute Gasteiger partial charge is 0.256 e. The number of pyridine rings is 1. The summed E-state index contributed by atoms with van der Waals surface area (Å²) in [5.74, 6) is -0.510. The highest BCUT2D eigenvalue weighted by molar-refractivity contribution is 6.31. The Labute approximate surface area is 84.3 Å². The summed E-state index contributed by atoms with van der Waals surface area (Å²) in [6, 6.07) is 4.31. The summed E-state index contributed by atoms with van der Waals surface area (Å²) in [7, 11) is 0. The van der Waals surface area contributed by atoms with E-state index in [4.69, 9.17) is 11.6 Å². The lowest BCUT2D eigenvalue weighted by Gasteiger charge is -2.00. The number of aryl methyl sites for hydroxylation is 1. The third-order valence-corrected chi connectivity index (χ3v) is 2.31. The third kappa shape index (κ3) is 1.40. The molecule has 0 fully saturated rings. The molecule has 0 bridgehead atoms. The van der Waals surface area contributed by atoms with Crippen LogP contribution in [-0.2, 0) is 0 Å². The minimum atomic E-state index is -0.510. The van der Waals surface area contributed by atoms with Crippen molar-refractivity contribution in [2.75, 3.05) is 0 Å². The standard InChI is InChI=1S/C10H7ClFNO/c1-5-2-6-3-9(12)8(11)4-7(6)10(14)13-5/h2-4H,1H3,(H,13,14). The molecule has 2 aromatic rings. The van der Waals surface area contributed by atoms with E-state index in [0.29, 0.717) is 16.5 Å². The highest BCUT2D eigenvalue weighted by Crippen LogP contribution is 2.20. The van der Waals surface area contributed by atoms with Crippen LogP contribution in [0.15, 0.2) is 23.0 Å². The molecule has 2 nitrogen and oxygen atoms in total. The topological polar surface area (TPSA) is 32.9 Å². The predicted molar refractivity (Wildman–Crippen MR) is 54.3 cm³/mol. The van der Waals surface area contributed by atoms with Gasteiger partial charge in [0.15, 0.2) is 0 Å². The number of benzene rings is 1. The van der Waals surface area contributed by atoms with Crippen LogP contribution in [0.5, 0.6) is 0 Å². The van der Waals surface area contributed by atoms with Crippen molar-refractivity contribution in [3.8, 4) is 0 Å². The van der Waals surface area contributed by atoms with Gasteiger partial charge in [0.05, 0.1) is 5.02 Å². The van der Waals surface area contributed by atoms with Crippen LogP contribution in [-0.4, -0.2) is 4.98 Å². The van der Waals surface area contributed by atoms with E-state index in [0.717, 1.165) is 0 Å². The van der Waals surface area contributed by atoms with Crippen molar-refractivity contribution in [1.82, 2.24) is 4.98 Å². The molecule has 1 aromatic heterocycles. The molecule has 72 valence electrons. The fraction of sp³-hybridized carbons (Fsp3) is 0.100. The molecule has 0 atom stereocenters. The molecule has 0 aliphatic rings. The number of fused-ring (bicyclic) bond motifs is 1. The van der Waals surface area contributed by atoms with Crippen molar-refractivity contribution in [2.45, 2.75) is 6.92 Å². The molecule has 0 amide bonds. The summed E-state index contributed by atoms with van der Waals surface area (Å²) < 4.78 is 13.1. The van der Waals surface area contributed by atoms with Crippen molar-refractivity contribution in [3.63, 3.8) is 0 Å². The summed E-state index contributed by atoms with van der Waals surface area (Å²) in [5.41, 5.74) is 0.450. The number of aromatic amines is 1. The molecular formula is C10H7ClFNO. The quantitative estimate of drug-likeness (QED) is 0.714. The van der Waals surface area contributed by atoms with Gasteiger partial charge in [0.1, 0.15) is 5.82 Å². The van der Waals surface area contributed by atoms with Gasteiger partial charge in [0.25, 0.3) is 5.56 Å². The normalized spacial score (nSPS) is 10.8. The number of halogens is 2. The van der Waals surface area contributed by atoms with Crippen LogP contribution in [0.3, 0.4) is 0 Å². The van der Waals surface area contributed by atoms with Crippen molar-refractivity contribution < 1.29 is 4.39 Å². The van der Waals surface area contributed by atoms with E-state index in [1.807, 2.05) is 0 Å². The van der Waals surface area contributed by atoms with Gasteiger partial charge in [-0.2, -0.15) is 0 Å². The van der Waals surface area contributed by atoms with Crippen LogP contribution in [0.25, 0.3) is 10.8 Å². The first-order valence-corrected chi connectivity index (χ1v) is 4.44. The van der Waals surface area contributed by atoms with E-state index < -0.39 is 5.82 Å². The molecule has 0 spiro atoms. The molecule has 0 unspecified atom stereocenters. The second-order valence-corrected chi connectivity index (χ2v) is 3.54. The number of hydrogen-bond donors (Lipinski definition) is 1. The van der Waals surface area contributed by atoms with Crippen molar-refractivity contribution >= 4 is 22.4 Å². The number of rotatable bonds is 0. The fourth-order valence-electron chi connectivity index (χ4n) is 1.39. The van der Waals surface area contributed by atoms with Gasteiger partial charge in [-0.3, -0.25) is 4.79 Å². The second-order valence-electron chi connectivity index (χ2n) is 3.14. The summed E-state index contributed by atoms with van der Waals surface area (Å²) in [4.78, 5) is 14.0. The van der Waals surface area contributed by atoms with Gasteiger partial charge in [-0.1, -0.05) is 11.6 Å². The second kappa shape index (κ2) is 3.10. The van der Waals surface area contributed by atoms with Gasteiger partial charge >= 0.3 is 0 Å². The SMILES string of the molecule is Cc1cc2cc(F)c(Cl)cc2c(=O)[nH]1. The Morgan fingerprint density at radius 2 is 2.07 bits per heavy atom. The maximum atomic E-state index is 13.1. The molecule has 4 heteroatoms. The zero-order chi connectivity index (χ0) is 10.3. The lowest BCUT2D eigenvalue weighted by atomic mass is 10.1. The molecule has 0 aliphatic carbocycles. The molecule has 14 heavy (non-hydrogen) atoms. The Kier molecular flexibility index (Phi) is 2.04. The molecule has 1 aromatic carbocycles. The first kappa shape index (κ1) is 9.21. The molecule has 1 N–H and O–H groups in total. The molecule has 0 radical (unpaired) electrons. The minimum Gasteiger partial charge on any atom is -0.326 e. The van der Waals surface area contributed by atoms with E-state index in [-0.39, 0.29) is 10.6 Å². The zero-order valence-electron chi connectivity index (χ0n) is 7.40. The Balaban J connectivity index is 2.96. The van der Waals surface area contributed by atoms with Crippen LogP contribution >= 0.6 is 11.6 Å². The minimum absolute atomic E-state index is 0.0353. The van der Waals surface area contributed by atoms with Crippen molar-refractivity contribution in [2.24, 2.45) is 0 Å². The lowest BCUT2D eigenvalue weighted by Crippen LogP contribution is -2.07. The van der Waals surface area contributed by atoms with Crippen LogP contribution in [0, 0.1) is 12.7 Å². The summed E-state index contributed by atoms with van der Waals surface area (Å²) in [5, 5.41) is 0.932. The van der Waals surface area contributed by atoms with Crippen LogP contribution < -0.4 is 5.56 Å². The molecule has 2 rings (SSSR count). The van der Waals surface area contributed by atoms with E-state index in [1.165, 1.54) is 12.1 Å². The van der Waals surface area contributed by atoms with Crippen molar-refractivity contribution in [3.05, 3.63) is 45.1 Å². The summed E-state index contributed by atoms with van der Waals surface area (Å²) >= 11 is 5.57. The van der Waals surface area contributed by atoms with Gasteiger partial charge in [-0.25, -0.2) is 4.39 Å². The lowest BCUT2D eigenvalue weighted by molar-refractivity contribution is 0.630. The van der Waals surface area contributed by atoms with Gasteiger partial charge < -0.3 is 4.98 Å². The average molecular weight is 212 g/mol. The largest absolute Gasteiger partial charge is 0.326 e. The molecule has 0 aliphatic heterocycles. The fourth-order valence-corrected chi connectivity index (χ4v) is 1.56. The van der Waals surface area contributed by atoms with Crippen LogP contribution in [0.1, 0.15) is 5.69 Å². The summed E-state index contributed by atoms with van der Waals surface area (Å²) in [6.45, 7) is 1.74. The van der Waals surface area contributed by atoms with Crippen LogP contribution in [0.2, 0.25) is 5.02 Å². The van der Waals surface area contributed by atoms with E-state index >= 15 is 0 Å². The number of nitrogens with one attached hydrogen (secondary N) is 1. The number of H-pyrrole nitrogens is 1. The molecule has 0 saturated carbocycles. The Bertz CT molecular complexity index is 562. The molecule has 0 saturated heterocycles. The highest BCUT2D eigenvalue weighted by Gasteiger charge is 2.05. The molecular weight excluding hydrogens is 205 g/mol. The third-order valence-electron chi connectivity index (χ3n) is 2.02. The van der Waals surface area contributed by atoms with Gasteiger partial charge in [-0.15, -0.1) is 0 Å². The van der Waals surface area contributed by atoms with Crippen LogP contribution in [0.4, 0.5) is 4.39 Å². The average Bonchev–Trinajstić information content (AvgIpc) is 2.08. The van der Waals surface area contributed by atoms with Gasteiger partial charge in [0.2, 0.25) is 0 Å². The summed E-state index contributed by atoms with van der Waals surface area (Å²) in [6.07, 6.45) is 0. The van der Waals surface area contributed by atoms with E-state index in [1.54, 1.807) is 13.0 Å².